The third-order valence-corrected chi connectivity index (χ3v) is 6.52. The highest BCUT2D eigenvalue weighted by molar-refractivity contribution is 5.80. The van der Waals surface area contributed by atoms with Crippen LogP contribution < -0.4 is 5.32 Å². The second kappa shape index (κ2) is 8.52. The van der Waals surface area contributed by atoms with Crippen LogP contribution in [0.4, 0.5) is 0 Å². The molecule has 3 aliphatic heterocycles. The summed E-state index contributed by atoms with van der Waals surface area (Å²) in [5, 5.41) is 3.04. The number of nitrogens with zero attached hydrogens (tertiary/aromatic N) is 1. The largest absolute Gasteiger partial charge is 0.370 e. The van der Waals surface area contributed by atoms with Crippen LogP contribution in [0.25, 0.3) is 0 Å². The van der Waals surface area contributed by atoms with E-state index >= 15 is 0 Å². The topological polar surface area (TPSA) is 50.8 Å². The van der Waals surface area contributed by atoms with Crippen LogP contribution in [0.1, 0.15) is 55.2 Å². The minimum absolute atomic E-state index is 0.0261. The molecule has 0 aromatic heterocycles. The maximum Gasteiger partial charge on any atom is 0.249 e. The van der Waals surface area contributed by atoms with Gasteiger partial charge in [0.1, 0.15) is 6.10 Å². The molecule has 3 fully saturated rings. The average molecular weight is 387 g/mol. The summed E-state index contributed by atoms with van der Waals surface area (Å²) in [5.41, 5.74) is 4.12. The Morgan fingerprint density at radius 3 is 2.57 bits per heavy atom. The number of rotatable bonds is 5. The van der Waals surface area contributed by atoms with Crippen molar-refractivity contribution < 1.29 is 14.3 Å². The maximum absolute atomic E-state index is 12.1. The lowest BCUT2D eigenvalue weighted by Gasteiger charge is -2.39. The Hall–Kier alpha value is -1.43. The number of benzene rings is 1. The van der Waals surface area contributed by atoms with Gasteiger partial charge in [-0.05, 0) is 57.9 Å². The second-order valence-corrected chi connectivity index (χ2v) is 8.98. The highest BCUT2D eigenvalue weighted by Crippen LogP contribution is 2.39. The Balaban J connectivity index is 1.22. The second-order valence-electron chi connectivity index (χ2n) is 8.98. The van der Waals surface area contributed by atoms with E-state index in [2.05, 4.69) is 42.3 Å². The van der Waals surface area contributed by atoms with Crippen molar-refractivity contribution in [2.45, 2.75) is 76.7 Å². The molecule has 5 nitrogen and oxygen atoms in total. The molecule has 2 atom stereocenters. The van der Waals surface area contributed by atoms with E-state index in [1.54, 1.807) is 0 Å². The van der Waals surface area contributed by atoms with Crippen LogP contribution in [0, 0.1) is 13.8 Å². The number of carbonyl (C=O) groups is 1. The number of amides is 1. The lowest BCUT2D eigenvalue weighted by molar-refractivity contribution is -0.131. The summed E-state index contributed by atoms with van der Waals surface area (Å²) in [5.74, 6) is 0.0327. The molecule has 1 N–H and O–H groups in total. The van der Waals surface area contributed by atoms with Crippen LogP contribution in [0.15, 0.2) is 18.2 Å². The Morgan fingerprint density at radius 2 is 1.89 bits per heavy atom. The number of likely N-dealkylation sites (tertiary alicyclic amines) is 1. The smallest absolute Gasteiger partial charge is 0.249 e. The molecule has 5 heteroatoms. The zero-order valence-electron chi connectivity index (χ0n) is 17.3. The first-order valence-corrected chi connectivity index (χ1v) is 10.9. The van der Waals surface area contributed by atoms with Crippen molar-refractivity contribution in [2.24, 2.45) is 0 Å². The number of ether oxygens (including phenoxy) is 2. The summed E-state index contributed by atoms with van der Waals surface area (Å²) in [6.45, 7) is 8.87. The summed E-state index contributed by atoms with van der Waals surface area (Å²) in [6, 6.07) is 6.84. The van der Waals surface area contributed by atoms with Crippen LogP contribution in [0.2, 0.25) is 0 Å². The molecule has 1 amide bonds. The predicted octanol–water partition coefficient (Wildman–Crippen LogP) is 3.11. The first-order chi connectivity index (χ1) is 13.5. The van der Waals surface area contributed by atoms with Crippen molar-refractivity contribution >= 4 is 5.91 Å². The fourth-order valence-corrected chi connectivity index (χ4v) is 5.06. The number of aryl methyl sites for hydroxylation is 2. The maximum atomic E-state index is 12.1. The summed E-state index contributed by atoms with van der Waals surface area (Å²) in [7, 11) is 0. The van der Waals surface area contributed by atoms with Crippen LogP contribution >= 0.6 is 0 Å². The zero-order chi connectivity index (χ0) is 19.6. The van der Waals surface area contributed by atoms with Gasteiger partial charge in [0.2, 0.25) is 5.91 Å². The average Bonchev–Trinajstić information content (AvgIpc) is 3.32. The molecule has 0 unspecified atom stereocenters. The van der Waals surface area contributed by atoms with E-state index in [0.29, 0.717) is 13.2 Å². The molecule has 0 bridgehead atoms. The van der Waals surface area contributed by atoms with Gasteiger partial charge in [-0.3, -0.25) is 9.69 Å². The predicted molar refractivity (Wildman–Crippen MR) is 109 cm³/mol. The Kier molecular flexibility index (Phi) is 6.04. The molecule has 3 saturated heterocycles. The van der Waals surface area contributed by atoms with Crippen molar-refractivity contribution in [2.75, 3.05) is 26.2 Å². The SMILES string of the molecule is Cc1cc(C)cc(CN2CCC3(CC[C@H](CNC(=O)[C@H]4CCCO4)O3)CC2)c1. The van der Waals surface area contributed by atoms with Crippen molar-refractivity contribution in [1.82, 2.24) is 10.2 Å². The fourth-order valence-electron chi connectivity index (χ4n) is 5.06. The Labute approximate surface area is 168 Å². The van der Waals surface area contributed by atoms with E-state index in [4.69, 9.17) is 9.47 Å². The summed E-state index contributed by atoms with van der Waals surface area (Å²) in [6.07, 6.45) is 6.08. The minimum atomic E-state index is -0.246. The lowest BCUT2D eigenvalue weighted by Crippen LogP contribution is -2.45. The molecule has 3 aliphatic rings. The molecule has 1 aromatic carbocycles. The van der Waals surface area contributed by atoms with Crippen LogP contribution in [-0.2, 0) is 20.8 Å². The van der Waals surface area contributed by atoms with Crippen molar-refractivity contribution in [1.29, 1.82) is 0 Å². The molecule has 0 saturated carbocycles. The number of hydrogen-bond donors (Lipinski definition) is 1. The first kappa shape index (κ1) is 19.9. The number of hydrogen-bond acceptors (Lipinski definition) is 4. The van der Waals surface area contributed by atoms with Gasteiger partial charge in [0.05, 0.1) is 11.7 Å². The zero-order valence-corrected chi connectivity index (χ0v) is 17.3. The molecule has 154 valence electrons. The highest BCUT2D eigenvalue weighted by atomic mass is 16.5. The quantitative estimate of drug-likeness (QED) is 0.845. The van der Waals surface area contributed by atoms with Gasteiger partial charge in [-0.2, -0.15) is 0 Å². The molecule has 4 rings (SSSR count). The van der Waals surface area contributed by atoms with Gasteiger partial charge in [-0.15, -0.1) is 0 Å². The normalized spacial score (nSPS) is 27.4. The molecule has 1 aromatic rings. The molecular formula is C23H34N2O3. The highest BCUT2D eigenvalue weighted by Gasteiger charge is 2.42. The molecule has 0 radical (unpaired) electrons. The molecule has 3 heterocycles. The summed E-state index contributed by atoms with van der Waals surface area (Å²) in [4.78, 5) is 14.7. The van der Waals surface area contributed by atoms with Crippen LogP contribution in [-0.4, -0.2) is 54.9 Å². The number of carbonyl (C=O) groups excluding carboxylic acids is 1. The van der Waals surface area contributed by atoms with E-state index in [0.717, 1.165) is 58.2 Å². The van der Waals surface area contributed by atoms with E-state index < -0.39 is 0 Å². The minimum Gasteiger partial charge on any atom is -0.370 e. The lowest BCUT2D eigenvalue weighted by atomic mass is 9.88. The third kappa shape index (κ3) is 4.76. The molecule has 1 spiro atoms. The van der Waals surface area contributed by atoms with Gasteiger partial charge < -0.3 is 14.8 Å². The first-order valence-electron chi connectivity index (χ1n) is 10.9. The van der Waals surface area contributed by atoms with E-state index in [-0.39, 0.29) is 23.7 Å². The van der Waals surface area contributed by atoms with Crippen molar-refractivity contribution in [3.63, 3.8) is 0 Å². The van der Waals surface area contributed by atoms with Gasteiger partial charge in [-0.25, -0.2) is 0 Å². The van der Waals surface area contributed by atoms with Crippen molar-refractivity contribution in [3.05, 3.63) is 34.9 Å². The third-order valence-electron chi connectivity index (χ3n) is 6.52. The number of nitrogens with one attached hydrogen (secondary N) is 1. The van der Waals surface area contributed by atoms with E-state index in [1.165, 1.54) is 16.7 Å². The van der Waals surface area contributed by atoms with Gasteiger partial charge in [0, 0.05) is 32.8 Å². The standard InChI is InChI=1S/C23H34N2O3/c1-17-12-18(2)14-19(13-17)16-25-9-7-23(8-10-25)6-5-20(28-23)15-24-22(26)21-4-3-11-27-21/h12-14,20-21H,3-11,15-16H2,1-2H3,(H,24,26)/t20-,21-/m1/s1. The molecular weight excluding hydrogens is 352 g/mol. The van der Waals surface area contributed by atoms with Gasteiger partial charge in [0.15, 0.2) is 0 Å². The van der Waals surface area contributed by atoms with Crippen LogP contribution in [0.3, 0.4) is 0 Å². The summed E-state index contributed by atoms with van der Waals surface area (Å²) < 4.78 is 11.9. The molecule has 28 heavy (non-hydrogen) atoms. The number of piperidine rings is 1. The monoisotopic (exact) mass is 386 g/mol. The van der Waals surface area contributed by atoms with Crippen LogP contribution in [0.5, 0.6) is 0 Å². The van der Waals surface area contributed by atoms with Gasteiger partial charge in [0.25, 0.3) is 0 Å². The van der Waals surface area contributed by atoms with E-state index in [1.807, 2.05) is 0 Å². The molecule has 0 aliphatic carbocycles. The summed E-state index contributed by atoms with van der Waals surface area (Å²) >= 11 is 0. The van der Waals surface area contributed by atoms with Gasteiger partial charge >= 0.3 is 0 Å². The Morgan fingerprint density at radius 1 is 1.14 bits per heavy atom. The fraction of sp³-hybridized carbons (Fsp3) is 0.696. The Bertz CT molecular complexity index is 671. The van der Waals surface area contributed by atoms with E-state index in [9.17, 15) is 4.79 Å². The van der Waals surface area contributed by atoms with Gasteiger partial charge in [-0.1, -0.05) is 29.3 Å². The van der Waals surface area contributed by atoms with Crippen molar-refractivity contribution in [3.8, 4) is 0 Å².